The molecule has 2 rings (SSSR count). The summed E-state index contributed by atoms with van der Waals surface area (Å²) in [5.41, 5.74) is 0. The molecule has 1 saturated heterocycles. The molecule has 1 fully saturated rings. The lowest BCUT2D eigenvalue weighted by Gasteiger charge is -2.33. The molecule has 0 amide bonds. The minimum atomic E-state index is 0.281. The van der Waals surface area contributed by atoms with Crippen LogP contribution in [0.4, 0.5) is 0 Å². The van der Waals surface area contributed by atoms with Crippen molar-refractivity contribution in [2.45, 2.75) is 32.4 Å². The van der Waals surface area contributed by atoms with Gasteiger partial charge in [0.1, 0.15) is 5.76 Å². The molecule has 1 aromatic rings. The molecule has 0 spiro atoms. The maximum absolute atomic E-state index is 5.77. The Labute approximate surface area is 115 Å². The number of ether oxygens (including phenoxy) is 1. The van der Waals surface area contributed by atoms with E-state index in [1.54, 1.807) is 0 Å². The SMILES string of the molecule is CC(C)c1cnc(CN2CCOC(CN(C)C)C2)o1. The summed E-state index contributed by atoms with van der Waals surface area (Å²) in [6.45, 7) is 8.65. The monoisotopic (exact) mass is 267 g/mol. The van der Waals surface area contributed by atoms with E-state index < -0.39 is 0 Å². The van der Waals surface area contributed by atoms with E-state index in [-0.39, 0.29) is 6.10 Å². The third kappa shape index (κ3) is 4.30. The van der Waals surface area contributed by atoms with Crippen molar-refractivity contribution in [3.05, 3.63) is 17.8 Å². The molecule has 2 heterocycles. The second-order valence-electron chi connectivity index (χ2n) is 5.80. The van der Waals surface area contributed by atoms with Crippen LogP contribution in [0.15, 0.2) is 10.6 Å². The zero-order valence-corrected chi connectivity index (χ0v) is 12.4. The minimum absolute atomic E-state index is 0.281. The van der Waals surface area contributed by atoms with E-state index >= 15 is 0 Å². The van der Waals surface area contributed by atoms with Crippen LogP contribution in [-0.2, 0) is 11.3 Å². The van der Waals surface area contributed by atoms with Gasteiger partial charge in [-0.3, -0.25) is 4.90 Å². The molecule has 108 valence electrons. The summed E-state index contributed by atoms with van der Waals surface area (Å²) >= 11 is 0. The standard InChI is InChI=1S/C14H25N3O2/c1-11(2)13-7-15-14(19-13)10-17-5-6-18-12(9-17)8-16(3)4/h7,11-12H,5-6,8-10H2,1-4H3. The van der Waals surface area contributed by atoms with Crippen molar-refractivity contribution in [1.29, 1.82) is 0 Å². The summed E-state index contributed by atoms with van der Waals surface area (Å²) < 4.78 is 11.5. The van der Waals surface area contributed by atoms with Gasteiger partial charge in [0.05, 0.1) is 25.5 Å². The molecule has 1 aliphatic rings. The fourth-order valence-electron chi connectivity index (χ4n) is 2.30. The highest BCUT2D eigenvalue weighted by Crippen LogP contribution is 2.17. The van der Waals surface area contributed by atoms with Crippen molar-refractivity contribution in [3.8, 4) is 0 Å². The molecule has 1 unspecified atom stereocenters. The molecule has 0 saturated carbocycles. The average Bonchev–Trinajstić information content (AvgIpc) is 2.77. The fraction of sp³-hybridized carbons (Fsp3) is 0.786. The zero-order chi connectivity index (χ0) is 13.8. The first-order valence-corrected chi connectivity index (χ1v) is 6.98. The molecule has 5 nitrogen and oxygen atoms in total. The van der Waals surface area contributed by atoms with Crippen molar-refractivity contribution >= 4 is 0 Å². The smallest absolute Gasteiger partial charge is 0.208 e. The molecule has 1 aliphatic heterocycles. The lowest BCUT2D eigenvalue weighted by Crippen LogP contribution is -2.46. The summed E-state index contributed by atoms with van der Waals surface area (Å²) in [7, 11) is 4.15. The Hall–Kier alpha value is -0.910. The molecule has 0 N–H and O–H groups in total. The Morgan fingerprint density at radius 1 is 1.47 bits per heavy atom. The lowest BCUT2D eigenvalue weighted by molar-refractivity contribution is -0.0427. The molecular weight excluding hydrogens is 242 g/mol. The number of hydrogen-bond acceptors (Lipinski definition) is 5. The highest BCUT2D eigenvalue weighted by molar-refractivity contribution is 4.99. The van der Waals surface area contributed by atoms with Crippen molar-refractivity contribution < 1.29 is 9.15 Å². The second kappa shape index (κ2) is 6.50. The number of morpholine rings is 1. The number of hydrogen-bond donors (Lipinski definition) is 0. The van der Waals surface area contributed by atoms with Crippen LogP contribution < -0.4 is 0 Å². The van der Waals surface area contributed by atoms with Gasteiger partial charge >= 0.3 is 0 Å². The maximum atomic E-state index is 5.77. The van der Waals surface area contributed by atoms with Crippen LogP contribution in [0.2, 0.25) is 0 Å². The predicted octanol–water partition coefficient (Wildman–Crippen LogP) is 1.56. The summed E-state index contributed by atoms with van der Waals surface area (Å²) in [5, 5.41) is 0. The van der Waals surface area contributed by atoms with Gasteiger partial charge < -0.3 is 14.1 Å². The fourth-order valence-corrected chi connectivity index (χ4v) is 2.30. The predicted molar refractivity (Wildman–Crippen MR) is 74.2 cm³/mol. The van der Waals surface area contributed by atoms with E-state index in [9.17, 15) is 0 Å². The summed E-state index contributed by atoms with van der Waals surface area (Å²) in [5.74, 6) is 2.18. The highest BCUT2D eigenvalue weighted by atomic mass is 16.5. The van der Waals surface area contributed by atoms with Crippen LogP contribution in [0.3, 0.4) is 0 Å². The summed E-state index contributed by atoms with van der Waals surface area (Å²) in [6, 6.07) is 0. The van der Waals surface area contributed by atoms with Gasteiger partial charge in [0.15, 0.2) is 0 Å². The average molecular weight is 267 g/mol. The third-order valence-electron chi connectivity index (χ3n) is 3.29. The van der Waals surface area contributed by atoms with Crippen LogP contribution in [0.5, 0.6) is 0 Å². The van der Waals surface area contributed by atoms with E-state index in [0.717, 1.165) is 44.4 Å². The number of likely N-dealkylation sites (N-methyl/N-ethyl adjacent to an activating group) is 1. The van der Waals surface area contributed by atoms with Gasteiger partial charge in [0, 0.05) is 25.6 Å². The quantitative estimate of drug-likeness (QED) is 0.810. The van der Waals surface area contributed by atoms with Gasteiger partial charge in [-0.25, -0.2) is 4.98 Å². The van der Waals surface area contributed by atoms with E-state index in [0.29, 0.717) is 5.92 Å². The minimum Gasteiger partial charge on any atom is -0.444 e. The third-order valence-corrected chi connectivity index (χ3v) is 3.29. The highest BCUT2D eigenvalue weighted by Gasteiger charge is 2.22. The molecule has 0 radical (unpaired) electrons. The molecule has 19 heavy (non-hydrogen) atoms. The first-order chi connectivity index (χ1) is 9.04. The van der Waals surface area contributed by atoms with E-state index in [1.165, 1.54) is 0 Å². The van der Waals surface area contributed by atoms with E-state index in [1.807, 2.05) is 6.20 Å². The van der Waals surface area contributed by atoms with Crippen molar-refractivity contribution in [3.63, 3.8) is 0 Å². The number of oxazole rings is 1. The number of rotatable bonds is 5. The van der Waals surface area contributed by atoms with Crippen LogP contribution in [0, 0.1) is 0 Å². The van der Waals surface area contributed by atoms with Crippen LogP contribution in [0.25, 0.3) is 0 Å². The summed E-state index contributed by atoms with van der Waals surface area (Å²) in [4.78, 5) is 8.88. The molecule has 0 bridgehead atoms. The second-order valence-corrected chi connectivity index (χ2v) is 5.80. The molecule has 5 heteroatoms. The molecule has 1 aromatic heterocycles. The van der Waals surface area contributed by atoms with Crippen molar-refractivity contribution in [1.82, 2.24) is 14.8 Å². The zero-order valence-electron chi connectivity index (χ0n) is 12.4. The van der Waals surface area contributed by atoms with Crippen molar-refractivity contribution in [2.24, 2.45) is 0 Å². The molecule has 0 aromatic carbocycles. The van der Waals surface area contributed by atoms with Gasteiger partial charge in [-0.2, -0.15) is 0 Å². The topological polar surface area (TPSA) is 41.7 Å². The Morgan fingerprint density at radius 2 is 2.26 bits per heavy atom. The lowest BCUT2D eigenvalue weighted by atomic mass is 10.2. The maximum Gasteiger partial charge on any atom is 0.208 e. The van der Waals surface area contributed by atoms with Gasteiger partial charge in [-0.1, -0.05) is 13.8 Å². The largest absolute Gasteiger partial charge is 0.444 e. The van der Waals surface area contributed by atoms with Gasteiger partial charge in [0.25, 0.3) is 0 Å². The normalized spacial score (nSPS) is 21.5. The van der Waals surface area contributed by atoms with Crippen LogP contribution >= 0.6 is 0 Å². The van der Waals surface area contributed by atoms with E-state index in [2.05, 4.69) is 42.7 Å². The van der Waals surface area contributed by atoms with Gasteiger partial charge in [0.2, 0.25) is 5.89 Å². The summed E-state index contributed by atoms with van der Waals surface area (Å²) in [6.07, 6.45) is 2.13. The Bertz CT molecular complexity index is 390. The molecular formula is C14H25N3O2. The van der Waals surface area contributed by atoms with Crippen LogP contribution in [-0.4, -0.2) is 61.2 Å². The Balaban J connectivity index is 1.87. The number of aromatic nitrogens is 1. The first kappa shape index (κ1) is 14.5. The van der Waals surface area contributed by atoms with Gasteiger partial charge in [-0.15, -0.1) is 0 Å². The Morgan fingerprint density at radius 3 is 2.89 bits per heavy atom. The first-order valence-electron chi connectivity index (χ1n) is 6.98. The number of nitrogens with zero attached hydrogens (tertiary/aromatic N) is 3. The van der Waals surface area contributed by atoms with Crippen LogP contribution in [0.1, 0.15) is 31.4 Å². The molecule has 1 atom stereocenters. The van der Waals surface area contributed by atoms with E-state index in [4.69, 9.17) is 9.15 Å². The van der Waals surface area contributed by atoms with Crippen molar-refractivity contribution in [2.75, 3.05) is 40.3 Å². The Kier molecular flexibility index (Phi) is 4.96. The van der Waals surface area contributed by atoms with Gasteiger partial charge in [-0.05, 0) is 14.1 Å². The molecule has 0 aliphatic carbocycles.